The van der Waals surface area contributed by atoms with Crippen molar-refractivity contribution < 1.29 is 104 Å². The third-order valence-electron chi connectivity index (χ3n) is 20.0. The lowest BCUT2D eigenvalue weighted by molar-refractivity contribution is -0.396. The molecule has 4 saturated carbocycles. The van der Waals surface area contributed by atoms with Gasteiger partial charge in [0.05, 0.1) is 25.4 Å². The van der Waals surface area contributed by atoms with Gasteiger partial charge in [0.25, 0.3) is 0 Å². The van der Waals surface area contributed by atoms with Gasteiger partial charge in [-0.1, -0.05) is 60.1 Å². The molecule has 11 N–H and O–H groups in total. The van der Waals surface area contributed by atoms with Crippen LogP contribution in [-0.2, 0) is 47.5 Å². The van der Waals surface area contributed by atoms with E-state index in [1.165, 1.54) is 12.5 Å². The van der Waals surface area contributed by atoms with Crippen LogP contribution in [0.1, 0.15) is 120 Å². The highest BCUT2D eigenvalue weighted by molar-refractivity contribution is 5.90. The average molecular weight is 1030 g/mol. The van der Waals surface area contributed by atoms with Gasteiger partial charge < -0.3 is 89.3 Å². The van der Waals surface area contributed by atoms with Gasteiger partial charge in [-0.2, -0.15) is 0 Å². The molecule has 0 aromatic rings. The number of carboxylic acid groups (broad SMARTS) is 2. The number of carbonyl (C=O) groups excluding carboxylic acids is 1. The Morgan fingerprint density at radius 2 is 1.29 bits per heavy atom. The standard InChI is InChI=1S/C51H80O21/c1-22-32(57)34(59)38(63)43(66-22)71-40-35(60)33(58)25(20-52)67-44(40)72-41-37(62)36(61)39(42(64)65)70-45(41)69-28-12-13-48(5)26(49(28,6)21-53)11-14-51(8)27(48)10-9-23-24-18-46(2,3)19-29(68-31(56)17-30(54)55)47(24,4)15-16-50(23,51)7/h9,22,24-29,32-41,43-45,52-53,57-63H,10-21H2,1-8H3,(H,54,55)(H,64,65). The summed E-state index contributed by atoms with van der Waals surface area (Å²) in [5.41, 5.74) is -1.01. The molecule has 7 fully saturated rings. The van der Waals surface area contributed by atoms with Gasteiger partial charge in [-0.05, 0) is 104 Å². The molecular formula is C51H80O21. The number of fused-ring (bicyclic) bond motifs is 7. The van der Waals surface area contributed by atoms with Crippen molar-refractivity contribution in [2.24, 2.45) is 50.2 Å². The predicted octanol–water partition coefficient (Wildman–Crippen LogP) is 0.730. The molecule has 25 unspecified atom stereocenters. The molecular weight excluding hydrogens is 949 g/mol. The second-order valence-corrected chi connectivity index (χ2v) is 24.6. The Bertz CT molecular complexity index is 2050. The number of rotatable bonds is 12. The fraction of sp³-hybridized carbons (Fsp3) is 0.902. The largest absolute Gasteiger partial charge is 0.481 e. The summed E-state index contributed by atoms with van der Waals surface area (Å²) < 4.78 is 42.3. The van der Waals surface area contributed by atoms with E-state index in [1.807, 2.05) is 6.92 Å². The van der Waals surface area contributed by atoms with E-state index < -0.39 is 146 Å². The lowest BCUT2D eigenvalue weighted by Gasteiger charge is -2.72. The van der Waals surface area contributed by atoms with E-state index >= 15 is 0 Å². The first-order valence-electron chi connectivity index (χ1n) is 25.8. The van der Waals surface area contributed by atoms with Crippen LogP contribution in [0.15, 0.2) is 11.6 Å². The maximum absolute atomic E-state index is 12.9. The molecule has 21 heteroatoms. The summed E-state index contributed by atoms with van der Waals surface area (Å²) in [6.07, 6.45) is -19.9. The number of hydrogen-bond acceptors (Lipinski definition) is 19. The smallest absolute Gasteiger partial charge is 0.335 e. The van der Waals surface area contributed by atoms with Gasteiger partial charge in [0.2, 0.25) is 0 Å². The van der Waals surface area contributed by atoms with Crippen molar-refractivity contribution in [2.45, 2.75) is 224 Å². The minimum Gasteiger partial charge on any atom is -0.481 e. The number of esters is 1. The lowest BCUT2D eigenvalue weighted by atomic mass is 9.33. The fourth-order valence-corrected chi connectivity index (χ4v) is 15.6. The molecule has 5 aliphatic carbocycles. The van der Waals surface area contributed by atoms with E-state index in [4.69, 9.17) is 33.2 Å². The maximum atomic E-state index is 12.9. The topological polar surface area (TPSA) is 338 Å². The maximum Gasteiger partial charge on any atom is 0.335 e. The van der Waals surface area contributed by atoms with Crippen LogP contribution in [0, 0.1) is 50.2 Å². The second-order valence-electron chi connectivity index (χ2n) is 24.6. The summed E-state index contributed by atoms with van der Waals surface area (Å²) in [5, 5.41) is 118. The Labute approximate surface area is 419 Å². The van der Waals surface area contributed by atoms with Gasteiger partial charge in [-0.25, -0.2) is 4.79 Å². The normalized spacial score (nSPS) is 52.1. The first-order chi connectivity index (χ1) is 33.5. The van der Waals surface area contributed by atoms with Crippen LogP contribution in [0.5, 0.6) is 0 Å². The zero-order valence-corrected chi connectivity index (χ0v) is 42.6. The number of allylic oxidation sites excluding steroid dienone is 2. The van der Waals surface area contributed by atoms with Crippen molar-refractivity contribution in [3.05, 3.63) is 11.6 Å². The third-order valence-corrected chi connectivity index (χ3v) is 20.0. The number of aliphatic hydroxyl groups excluding tert-OH is 9. The summed E-state index contributed by atoms with van der Waals surface area (Å²) in [6, 6.07) is 0. The minimum absolute atomic E-state index is 0.0912. The second kappa shape index (κ2) is 19.8. The summed E-state index contributed by atoms with van der Waals surface area (Å²) in [6.45, 7) is 15.8. The van der Waals surface area contributed by atoms with Gasteiger partial charge in [0.1, 0.15) is 73.6 Å². The first kappa shape index (κ1) is 55.8. The fourth-order valence-electron chi connectivity index (χ4n) is 15.6. The Balaban J connectivity index is 1.07. The van der Waals surface area contributed by atoms with E-state index in [1.54, 1.807) is 0 Å². The molecule has 72 heavy (non-hydrogen) atoms. The number of ether oxygens (including phenoxy) is 7. The summed E-state index contributed by atoms with van der Waals surface area (Å²) in [4.78, 5) is 36.9. The Hall–Kier alpha value is -2.45. The molecule has 0 radical (unpaired) electrons. The number of hydrogen-bond donors (Lipinski definition) is 11. The molecule has 0 amide bonds. The van der Waals surface area contributed by atoms with Crippen molar-refractivity contribution in [1.82, 2.24) is 0 Å². The molecule has 0 aromatic carbocycles. The van der Waals surface area contributed by atoms with Crippen LogP contribution in [0.2, 0.25) is 0 Å². The van der Waals surface area contributed by atoms with Crippen LogP contribution in [0.4, 0.5) is 0 Å². The number of aliphatic carboxylic acids is 2. The Kier molecular flexibility index (Phi) is 15.4. The van der Waals surface area contributed by atoms with Gasteiger partial charge in [-0.3, -0.25) is 9.59 Å². The average Bonchev–Trinajstić information content (AvgIpc) is 3.30. The van der Waals surface area contributed by atoms with Crippen LogP contribution in [-0.4, -0.2) is 192 Å². The molecule has 0 bridgehead atoms. The van der Waals surface area contributed by atoms with Crippen molar-refractivity contribution in [1.29, 1.82) is 0 Å². The number of carbonyl (C=O) groups is 3. The lowest BCUT2D eigenvalue weighted by Crippen LogP contribution is -2.68. The molecule has 0 spiro atoms. The van der Waals surface area contributed by atoms with Crippen molar-refractivity contribution in [3.63, 3.8) is 0 Å². The molecule has 3 heterocycles. The Morgan fingerprint density at radius 1 is 0.653 bits per heavy atom. The molecule has 8 rings (SSSR count). The predicted molar refractivity (Wildman–Crippen MR) is 247 cm³/mol. The zero-order chi connectivity index (χ0) is 53.0. The van der Waals surface area contributed by atoms with Gasteiger partial charge in [-0.15, -0.1) is 0 Å². The van der Waals surface area contributed by atoms with Gasteiger partial charge in [0, 0.05) is 10.8 Å². The zero-order valence-electron chi connectivity index (χ0n) is 42.6. The van der Waals surface area contributed by atoms with E-state index in [0.29, 0.717) is 25.7 Å². The quantitative estimate of drug-likeness (QED) is 0.0555. The number of aliphatic hydroxyl groups is 9. The SMILES string of the molecule is CC1OC(OC2C(OC3C(OC4CCC5(C)C(CCC6(C)C5CC=C5C7CC(C)(C)CC(OC(=O)CC(=O)O)C7(C)CCC56C)C4(C)CO)OC(C(=O)O)C(O)C3O)OC(CO)C(O)C2O)C(O)C(O)C1O. The summed E-state index contributed by atoms with van der Waals surface area (Å²) >= 11 is 0. The highest BCUT2D eigenvalue weighted by Gasteiger charge is 2.70. The first-order valence-corrected chi connectivity index (χ1v) is 25.8. The van der Waals surface area contributed by atoms with E-state index in [9.17, 15) is 70.6 Å². The Morgan fingerprint density at radius 3 is 1.92 bits per heavy atom. The minimum atomic E-state index is -2.10. The summed E-state index contributed by atoms with van der Waals surface area (Å²) in [5.74, 6) is -3.50. The van der Waals surface area contributed by atoms with Crippen LogP contribution >= 0.6 is 0 Å². The highest BCUT2D eigenvalue weighted by Crippen LogP contribution is 2.76. The molecule has 410 valence electrons. The molecule has 0 aromatic heterocycles. The van der Waals surface area contributed by atoms with Crippen molar-refractivity contribution >= 4 is 17.9 Å². The van der Waals surface area contributed by atoms with Crippen LogP contribution < -0.4 is 0 Å². The van der Waals surface area contributed by atoms with E-state index in [-0.39, 0.29) is 46.0 Å². The highest BCUT2D eigenvalue weighted by atomic mass is 16.8. The molecule has 3 saturated heterocycles. The van der Waals surface area contributed by atoms with Crippen LogP contribution in [0.25, 0.3) is 0 Å². The molecule has 21 nitrogen and oxygen atoms in total. The van der Waals surface area contributed by atoms with Crippen molar-refractivity contribution in [2.75, 3.05) is 13.2 Å². The van der Waals surface area contributed by atoms with E-state index in [2.05, 4.69) is 47.6 Å². The third kappa shape index (κ3) is 9.08. The number of carboxylic acids is 2. The van der Waals surface area contributed by atoms with Crippen LogP contribution in [0.3, 0.4) is 0 Å². The monoisotopic (exact) mass is 1030 g/mol. The van der Waals surface area contributed by atoms with E-state index in [0.717, 1.165) is 32.1 Å². The molecule has 3 aliphatic heterocycles. The summed E-state index contributed by atoms with van der Waals surface area (Å²) in [7, 11) is 0. The molecule has 25 atom stereocenters. The van der Waals surface area contributed by atoms with Gasteiger partial charge in [0.15, 0.2) is 25.0 Å². The van der Waals surface area contributed by atoms with Crippen molar-refractivity contribution in [3.8, 4) is 0 Å². The molecule has 8 aliphatic rings. The van der Waals surface area contributed by atoms with Gasteiger partial charge >= 0.3 is 17.9 Å².